The van der Waals surface area contributed by atoms with Crippen LogP contribution in [0.2, 0.25) is 0 Å². The Morgan fingerprint density at radius 2 is 1.60 bits per heavy atom. The molecule has 0 aromatic heterocycles. The van der Waals surface area contributed by atoms with Crippen molar-refractivity contribution in [3.63, 3.8) is 0 Å². The molecule has 0 bridgehead atoms. The summed E-state index contributed by atoms with van der Waals surface area (Å²) in [7, 11) is 1.35. The number of hydrogen-bond donors (Lipinski definition) is 0. The van der Waals surface area contributed by atoms with Gasteiger partial charge in [0.05, 0.1) is 19.3 Å². The zero-order chi connectivity index (χ0) is 25.2. The summed E-state index contributed by atoms with van der Waals surface area (Å²) in [6, 6.07) is 17.1. The fraction of sp³-hybridized carbons (Fsp3) is 0.444. The van der Waals surface area contributed by atoms with Gasteiger partial charge >= 0.3 is 12.1 Å². The molecule has 0 unspecified atom stereocenters. The van der Waals surface area contributed by atoms with E-state index in [1.165, 1.54) is 7.11 Å². The lowest BCUT2D eigenvalue weighted by Crippen LogP contribution is -2.57. The largest absolute Gasteiger partial charge is 0.465 e. The number of para-hydroxylation sites is 1. The minimum atomic E-state index is -0.764. The average Bonchev–Trinajstić information content (AvgIpc) is 3.10. The van der Waals surface area contributed by atoms with E-state index in [1.807, 2.05) is 63.2 Å². The lowest BCUT2D eigenvalue weighted by Gasteiger charge is -2.43. The lowest BCUT2D eigenvalue weighted by atomic mass is 9.85. The Morgan fingerprint density at radius 3 is 2.23 bits per heavy atom. The van der Waals surface area contributed by atoms with Crippen molar-refractivity contribution >= 4 is 23.7 Å². The molecule has 4 rings (SSSR count). The van der Waals surface area contributed by atoms with Gasteiger partial charge in [0.25, 0.3) is 0 Å². The molecule has 2 aliphatic rings. The van der Waals surface area contributed by atoms with Crippen LogP contribution in [0.15, 0.2) is 54.6 Å². The highest BCUT2D eigenvalue weighted by atomic mass is 16.6. The molecule has 8 nitrogen and oxygen atoms in total. The van der Waals surface area contributed by atoms with Crippen LogP contribution in [0.5, 0.6) is 0 Å². The molecule has 2 aromatic rings. The van der Waals surface area contributed by atoms with Crippen molar-refractivity contribution in [3.05, 3.63) is 65.7 Å². The van der Waals surface area contributed by atoms with Crippen molar-refractivity contribution in [2.45, 2.75) is 51.3 Å². The van der Waals surface area contributed by atoms with Crippen molar-refractivity contribution in [1.29, 1.82) is 0 Å². The molecule has 8 heteroatoms. The van der Waals surface area contributed by atoms with Crippen molar-refractivity contribution in [2.24, 2.45) is 0 Å². The summed E-state index contributed by atoms with van der Waals surface area (Å²) in [6.45, 7) is 7.08. The second-order valence-electron chi connectivity index (χ2n) is 10.1. The molecule has 2 heterocycles. The number of esters is 1. The summed E-state index contributed by atoms with van der Waals surface area (Å²) in [5.74, 6) is -0.419. The molecule has 0 saturated carbocycles. The number of piperidine rings is 1. The van der Waals surface area contributed by atoms with Crippen LogP contribution in [0.3, 0.4) is 0 Å². The Kier molecular flexibility index (Phi) is 6.74. The lowest BCUT2D eigenvalue weighted by molar-refractivity contribution is -0.134. The van der Waals surface area contributed by atoms with Gasteiger partial charge in [-0.1, -0.05) is 36.4 Å². The first kappa shape index (κ1) is 24.6. The van der Waals surface area contributed by atoms with Gasteiger partial charge in [0.1, 0.15) is 11.1 Å². The zero-order valence-electron chi connectivity index (χ0n) is 20.8. The molecule has 0 N–H and O–H groups in total. The zero-order valence-corrected chi connectivity index (χ0v) is 20.8. The predicted molar refractivity (Wildman–Crippen MR) is 132 cm³/mol. The van der Waals surface area contributed by atoms with E-state index in [2.05, 4.69) is 4.90 Å². The number of likely N-dealkylation sites (tertiary alicyclic amines) is 1. The second kappa shape index (κ2) is 9.60. The van der Waals surface area contributed by atoms with Gasteiger partial charge < -0.3 is 24.2 Å². The third-order valence-corrected chi connectivity index (χ3v) is 6.61. The molecule has 0 aliphatic carbocycles. The standard InChI is InChI=1S/C27H33N3O5/c1-26(2,3)35-25(33)28-16-14-27(15-17-28)24(32)29(19-30(27)21-11-6-5-7-12-21)18-20-10-8-9-13-22(20)23(31)34-4/h5-13H,14-19H2,1-4H3. The Labute approximate surface area is 206 Å². The van der Waals surface area contributed by atoms with Crippen molar-refractivity contribution in [2.75, 3.05) is 31.8 Å². The number of hydrogen-bond acceptors (Lipinski definition) is 6. The maximum atomic E-state index is 14.0. The molecule has 186 valence electrons. The number of anilines is 1. The topological polar surface area (TPSA) is 79.4 Å². The maximum absolute atomic E-state index is 14.0. The van der Waals surface area contributed by atoms with Gasteiger partial charge in [-0.2, -0.15) is 0 Å². The Bertz CT molecular complexity index is 1090. The van der Waals surface area contributed by atoms with Crippen LogP contribution in [-0.2, 0) is 20.8 Å². The molecule has 1 spiro atoms. The summed E-state index contributed by atoms with van der Waals surface area (Å²) in [4.78, 5) is 44.5. The number of nitrogens with zero attached hydrogens (tertiary/aromatic N) is 3. The van der Waals surface area contributed by atoms with E-state index < -0.39 is 17.1 Å². The molecular weight excluding hydrogens is 446 g/mol. The Balaban J connectivity index is 1.60. The van der Waals surface area contributed by atoms with Gasteiger partial charge in [0.2, 0.25) is 5.91 Å². The van der Waals surface area contributed by atoms with E-state index in [1.54, 1.807) is 21.9 Å². The number of benzene rings is 2. The Morgan fingerprint density at radius 1 is 0.971 bits per heavy atom. The summed E-state index contributed by atoms with van der Waals surface area (Å²) >= 11 is 0. The van der Waals surface area contributed by atoms with Crippen molar-refractivity contribution in [1.82, 2.24) is 9.80 Å². The Hall–Kier alpha value is -3.55. The molecule has 2 saturated heterocycles. The minimum Gasteiger partial charge on any atom is -0.465 e. The van der Waals surface area contributed by atoms with Crippen molar-refractivity contribution < 1.29 is 23.9 Å². The summed E-state index contributed by atoms with van der Waals surface area (Å²) in [5.41, 5.74) is 0.809. The quantitative estimate of drug-likeness (QED) is 0.616. The van der Waals surface area contributed by atoms with Gasteiger partial charge in [0.15, 0.2) is 0 Å². The van der Waals surface area contributed by atoms with Crippen LogP contribution in [0.25, 0.3) is 0 Å². The third-order valence-electron chi connectivity index (χ3n) is 6.61. The van der Waals surface area contributed by atoms with E-state index in [9.17, 15) is 14.4 Å². The monoisotopic (exact) mass is 479 g/mol. The molecule has 0 radical (unpaired) electrons. The van der Waals surface area contributed by atoms with Gasteiger partial charge in [-0.15, -0.1) is 0 Å². The first-order valence-electron chi connectivity index (χ1n) is 11.9. The van der Waals surface area contributed by atoms with Gasteiger partial charge in [-0.3, -0.25) is 4.79 Å². The van der Waals surface area contributed by atoms with Crippen LogP contribution in [0.4, 0.5) is 10.5 Å². The number of carbonyl (C=O) groups excluding carboxylic acids is 3. The maximum Gasteiger partial charge on any atom is 0.410 e. The molecule has 2 amide bonds. The highest BCUT2D eigenvalue weighted by Gasteiger charge is 2.54. The normalized spacial score (nSPS) is 17.6. The molecule has 0 atom stereocenters. The highest BCUT2D eigenvalue weighted by Crippen LogP contribution is 2.40. The number of amides is 2. The number of methoxy groups -OCH3 is 1. The number of rotatable bonds is 4. The van der Waals surface area contributed by atoms with Crippen LogP contribution in [-0.4, -0.2) is 65.8 Å². The fourth-order valence-corrected chi connectivity index (χ4v) is 4.88. The van der Waals surface area contributed by atoms with Gasteiger partial charge in [0, 0.05) is 25.3 Å². The molecule has 2 aliphatic heterocycles. The molecular formula is C27H33N3O5. The van der Waals surface area contributed by atoms with Gasteiger partial charge in [-0.05, 0) is 57.4 Å². The van der Waals surface area contributed by atoms with Crippen LogP contribution >= 0.6 is 0 Å². The first-order chi connectivity index (χ1) is 16.6. The van der Waals surface area contributed by atoms with E-state index in [0.29, 0.717) is 44.7 Å². The smallest absolute Gasteiger partial charge is 0.410 e. The fourth-order valence-electron chi connectivity index (χ4n) is 4.88. The van der Waals surface area contributed by atoms with E-state index in [0.717, 1.165) is 11.3 Å². The van der Waals surface area contributed by atoms with Crippen molar-refractivity contribution in [3.8, 4) is 0 Å². The predicted octanol–water partition coefficient (Wildman–Crippen LogP) is 4.05. The summed E-state index contributed by atoms with van der Waals surface area (Å²) in [6.07, 6.45) is 0.637. The van der Waals surface area contributed by atoms with E-state index in [-0.39, 0.29) is 12.0 Å². The van der Waals surface area contributed by atoms with E-state index in [4.69, 9.17) is 9.47 Å². The SMILES string of the molecule is COC(=O)c1ccccc1CN1CN(c2ccccc2)C2(CCN(C(=O)OC(C)(C)C)CC2)C1=O. The molecule has 2 fully saturated rings. The summed E-state index contributed by atoms with van der Waals surface area (Å²) < 4.78 is 10.5. The minimum absolute atomic E-state index is 0.00450. The third kappa shape index (κ3) is 4.97. The van der Waals surface area contributed by atoms with Crippen LogP contribution in [0, 0.1) is 0 Å². The number of carbonyl (C=O) groups is 3. The molecule has 35 heavy (non-hydrogen) atoms. The van der Waals surface area contributed by atoms with E-state index >= 15 is 0 Å². The highest BCUT2D eigenvalue weighted by molar-refractivity contribution is 5.95. The second-order valence-corrected chi connectivity index (χ2v) is 10.1. The van der Waals surface area contributed by atoms with Crippen LogP contribution < -0.4 is 4.90 Å². The van der Waals surface area contributed by atoms with Gasteiger partial charge in [-0.25, -0.2) is 9.59 Å². The summed E-state index contributed by atoms with van der Waals surface area (Å²) in [5, 5.41) is 0. The van der Waals surface area contributed by atoms with Crippen LogP contribution in [0.1, 0.15) is 49.5 Å². The average molecular weight is 480 g/mol. The first-order valence-corrected chi connectivity index (χ1v) is 11.9. The number of ether oxygens (including phenoxy) is 2. The molecule has 2 aromatic carbocycles.